The number of amides is 1. The Hall–Kier alpha value is -2.08. The van der Waals surface area contributed by atoms with E-state index in [4.69, 9.17) is 4.74 Å². The maximum Gasteiger partial charge on any atom is 0.259 e. The van der Waals surface area contributed by atoms with Gasteiger partial charge in [-0.15, -0.1) is 0 Å². The third-order valence-corrected chi connectivity index (χ3v) is 3.19. The Balaban J connectivity index is 2.28. The number of aryl methyl sites for hydroxylation is 1. The Labute approximate surface area is 124 Å². The third-order valence-electron chi connectivity index (χ3n) is 2.75. The van der Waals surface area contributed by atoms with Crippen molar-refractivity contribution in [2.75, 3.05) is 12.4 Å². The smallest absolute Gasteiger partial charge is 0.259 e. The summed E-state index contributed by atoms with van der Waals surface area (Å²) in [5.41, 5.74) is 1.40. The molecule has 6 heteroatoms. The molecule has 1 aromatic carbocycles. The van der Waals surface area contributed by atoms with E-state index in [0.29, 0.717) is 21.7 Å². The van der Waals surface area contributed by atoms with Crippen molar-refractivity contribution >= 4 is 27.5 Å². The zero-order valence-electron chi connectivity index (χ0n) is 11.0. The highest BCUT2D eigenvalue weighted by atomic mass is 79.9. The van der Waals surface area contributed by atoms with E-state index in [0.717, 1.165) is 0 Å². The molecule has 0 bridgehead atoms. The maximum atomic E-state index is 12.2. The molecule has 0 fully saturated rings. The lowest BCUT2D eigenvalue weighted by Crippen LogP contribution is -2.13. The molecule has 5 nitrogen and oxygen atoms in total. The summed E-state index contributed by atoms with van der Waals surface area (Å²) in [5, 5.41) is 12.5. The van der Waals surface area contributed by atoms with Crippen molar-refractivity contribution in [3.63, 3.8) is 0 Å². The number of aromatic nitrogens is 1. The molecule has 2 N–H and O–H groups in total. The number of aromatic hydroxyl groups is 1. The van der Waals surface area contributed by atoms with Crippen molar-refractivity contribution in [3.8, 4) is 11.5 Å². The molecule has 20 heavy (non-hydrogen) atoms. The van der Waals surface area contributed by atoms with Gasteiger partial charge in [-0.05, 0) is 53.2 Å². The van der Waals surface area contributed by atoms with E-state index in [1.807, 2.05) is 0 Å². The number of nitrogens with zero attached hydrogens (tertiary/aromatic N) is 1. The number of anilines is 1. The number of benzene rings is 1. The minimum Gasteiger partial charge on any atom is -0.507 e. The number of pyridine rings is 1. The molecule has 0 aliphatic carbocycles. The number of methoxy groups -OCH3 is 1. The van der Waals surface area contributed by atoms with Crippen LogP contribution in [0.15, 0.2) is 34.9 Å². The van der Waals surface area contributed by atoms with Crippen molar-refractivity contribution in [3.05, 3.63) is 46.2 Å². The van der Waals surface area contributed by atoms with Gasteiger partial charge in [0.1, 0.15) is 16.1 Å². The molecular formula is C14H13BrN2O3. The number of hydrogen-bond acceptors (Lipinski definition) is 4. The lowest BCUT2D eigenvalue weighted by atomic mass is 10.1. The number of phenolic OH excluding ortho intramolecular Hbond substituents is 1. The molecular weight excluding hydrogens is 324 g/mol. The highest BCUT2D eigenvalue weighted by Crippen LogP contribution is 2.24. The van der Waals surface area contributed by atoms with Gasteiger partial charge in [0.15, 0.2) is 0 Å². The first-order valence-corrected chi connectivity index (χ1v) is 6.62. The molecule has 1 amide bonds. The predicted octanol–water partition coefficient (Wildman–Crippen LogP) is 3.12. The van der Waals surface area contributed by atoms with Crippen LogP contribution in [-0.2, 0) is 0 Å². The number of phenols is 1. The first kappa shape index (κ1) is 14.3. The van der Waals surface area contributed by atoms with Crippen LogP contribution in [0.4, 0.5) is 5.69 Å². The van der Waals surface area contributed by atoms with Gasteiger partial charge in [-0.3, -0.25) is 4.79 Å². The van der Waals surface area contributed by atoms with E-state index < -0.39 is 5.91 Å². The van der Waals surface area contributed by atoms with Crippen LogP contribution in [0.3, 0.4) is 0 Å². The molecule has 1 aromatic heterocycles. The molecule has 2 aromatic rings. The average molecular weight is 337 g/mol. The monoisotopic (exact) mass is 336 g/mol. The normalized spacial score (nSPS) is 10.2. The van der Waals surface area contributed by atoms with Gasteiger partial charge in [0, 0.05) is 0 Å². The van der Waals surface area contributed by atoms with Crippen LogP contribution in [0.2, 0.25) is 0 Å². The molecule has 0 spiro atoms. The fourth-order valence-corrected chi connectivity index (χ4v) is 2.07. The standard InChI is InChI=1S/C14H13BrN2O3/c1-8-11(4-6-13(15)16-8)17-14(19)10-7-9(20-2)3-5-12(10)18/h3-7,18H,1-2H3,(H,17,19). The van der Waals surface area contributed by atoms with Gasteiger partial charge in [-0.2, -0.15) is 0 Å². The molecule has 0 unspecified atom stereocenters. The zero-order chi connectivity index (χ0) is 14.7. The fraction of sp³-hybridized carbons (Fsp3) is 0.143. The van der Waals surface area contributed by atoms with E-state index >= 15 is 0 Å². The molecule has 2 rings (SSSR count). The predicted molar refractivity (Wildman–Crippen MR) is 79.3 cm³/mol. The summed E-state index contributed by atoms with van der Waals surface area (Å²) >= 11 is 3.26. The van der Waals surface area contributed by atoms with Gasteiger partial charge < -0.3 is 15.2 Å². The number of ether oxygens (including phenoxy) is 1. The van der Waals surface area contributed by atoms with E-state index in [9.17, 15) is 9.90 Å². The maximum absolute atomic E-state index is 12.2. The Morgan fingerprint density at radius 2 is 2.10 bits per heavy atom. The second-order valence-corrected chi connectivity index (χ2v) is 4.92. The highest BCUT2D eigenvalue weighted by Gasteiger charge is 2.14. The van der Waals surface area contributed by atoms with E-state index in [1.165, 1.54) is 19.2 Å². The topological polar surface area (TPSA) is 71.5 Å². The first-order chi connectivity index (χ1) is 9.51. The molecule has 0 saturated carbocycles. The number of carbonyl (C=O) groups is 1. The number of hydrogen-bond donors (Lipinski definition) is 2. The van der Waals surface area contributed by atoms with Gasteiger partial charge >= 0.3 is 0 Å². The summed E-state index contributed by atoms with van der Waals surface area (Å²) in [4.78, 5) is 16.4. The third kappa shape index (κ3) is 3.08. The minimum absolute atomic E-state index is 0.106. The van der Waals surface area contributed by atoms with Gasteiger partial charge in [0.25, 0.3) is 5.91 Å². The lowest BCUT2D eigenvalue weighted by Gasteiger charge is -2.10. The van der Waals surface area contributed by atoms with Crippen LogP contribution in [-0.4, -0.2) is 23.1 Å². The van der Waals surface area contributed by atoms with Crippen LogP contribution in [0.25, 0.3) is 0 Å². The van der Waals surface area contributed by atoms with Gasteiger partial charge in [0.2, 0.25) is 0 Å². The van der Waals surface area contributed by atoms with Crippen LogP contribution in [0.1, 0.15) is 16.1 Å². The van der Waals surface area contributed by atoms with Crippen LogP contribution < -0.4 is 10.1 Å². The number of halogens is 1. The molecule has 1 heterocycles. The lowest BCUT2D eigenvalue weighted by molar-refractivity contribution is 0.102. The summed E-state index contributed by atoms with van der Waals surface area (Å²) in [7, 11) is 1.50. The molecule has 0 atom stereocenters. The minimum atomic E-state index is -0.423. The fourth-order valence-electron chi connectivity index (χ4n) is 1.68. The largest absolute Gasteiger partial charge is 0.507 e. The van der Waals surface area contributed by atoms with Crippen molar-refractivity contribution < 1.29 is 14.6 Å². The number of nitrogens with one attached hydrogen (secondary N) is 1. The second-order valence-electron chi connectivity index (χ2n) is 4.10. The van der Waals surface area contributed by atoms with Gasteiger partial charge in [0.05, 0.1) is 24.1 Å². The van der Waals surface area contributed by atoms with Gasteiger partial charge in [-0.25, -0.2) is 4.98 Å². The van der Waals surface area contributed by atoms with E-state index in [2.05, 4.69) is 26.2 Å². The molecule has 0 saturated heterocycles. The highest BCUT2D eigenvalue weighted by molar-refractivity contribution is 9.10. The van der Waals surface area contributed by atoms with E-state index in [1.54, 1.807) is 25.1 Å². The first-order valence-electron chi connectivity index (χ1n) is 5.83. The van der Waals surface area contributed by atoms with Crippen LogP contribution in [0, 0.1) is 6.92 Å². The Morgan fingerprint density at radius 1 is 1.35 bits per heavy atom. The molecule has 0 radical (unpaired) electrons. The Kier molecular flexibility index (Phi) is 4.24. The van der Waals surface area contributed by atoms with Crippen LogP contribution in [0.5, 0.6) is 11.5 Å². The van der Waals surface area contributed by atoms with Crippen molar-refractivity contribution in [2.24, 2.45) is 0 Å². The average Bonchev–Trinajstić information content (AvgIpc) is 2.42. The van der Waals surface area contributed by atoms with E-state index in [-0.39, 0.29) is 11.3 Å². The quantitative estimate of drug-likeness (QED) is 0.844. The Morgan fingerprint density at radius 3 is 2.75 bits per heavy atom. The number of rotatable bonds is 3. The number of carbonyl (C=O) groups excluding carboxylic acids is 1. The molecule has 0 aliphatic heterocycles. The van der Waals surface area contributed by atoms with Gasteiger partial charge in [-0.1, -0.05) is 0 Å². The summed E-state index contributed by atoms with van der Waals surface area (Å²) in [5.74, 6) is -0.0294. The zero-order valence-corrected chi connectivity index (χ0v) is 12.6. The second kappa shape index (κ2) is 5.92. The summed E-state index contributed by atoms with van der Waals surface area (Å²) in [6.45, 7) is 1.78. The molecule has 0 aliphatic rings. The summed E-state index contributed by atoms with van der Waals surface area (Å²) < 4.78 is 5.73. The van der Waals surface area contributed by atoms with Crippen molar-refractivity contribution in [1.82, 2.24) is 4.98 Å². The van der Waals surface area contributed by atoms with Crippen LogP contribution >= 0.6 is 15.9 Å². The summed E-state index contributed by atoms with van der Waals surface area (Å²) in [6.07, 6.45) is 0. The summed E-state index contributed by atoms with van der Waals surface area (Å²) in [6, 6.07) is 7.95. The SMILES string of the molecule is COc1ccc(O)c(C(=O)Nc2ccc(Br)nc2C)c1. The van der Waals surface area contributed by atoms with Crippen molar-refractivity contribution in [1.29, 1.82) is 0 Å². The molecule has 104 valence electrons. The van der Waals surface area contributed by atoms with Crippen molar-refractivity contribution in [2.45, 2.75) is 6.92 Å². The Bertz CT molecular complexity index is 659.